The Hall–Kier alpha value is -12.9. The third-order valence-electron chi connectivity index (χ3n) is 25.5. The lowest BCUT2D eigenvalue weighted by Crippen LogP contribution is -2.62. The van der Waals surface area contributed by atoms with Crippen molar-refractivity contribution >= 4 is 128 Å². The minimum Gasteiger partial charge on any atom is -0.508 e. The molecule has 21 N–H and O–H groups in total. The van der Waals surface area contributed by atoms with Crippen LogP contribution in [-0.2, 0) is 112 Å². The van der Waals surface area contributed by atoms with Gasteiger partial charge in [0, 0.05) is 112 Å². The molecule has 4 saturated heterocycles. The van der Waals surface area contributed by atoms with Crippen LogP contribution in [0, 0.1) is 17.8 Å². The van der Waals surface area contributed by atoms with Crippen LogP contribution in [0.4, 0.5) is 0 Å². The number of carbonyl (C=O) groups is 18. The smallest absolute Gasteiger partial charge is 0.323 e. The molecule has 0 bridgehead atoms. The second-order valence-electron chi connectivity index (χ2n) is 36.9. The van der Waals surface area contributed by atoms with Gasteiger partial charge in [-0.1, -0.05) is 116 Å². The van der Waals surface area contributed by atoms with Crippen molar-refractivity contribution in [2.24, 2.45) is 40.7 Å². The Bertz CT molecular complexity index is 5110. The predicted molar refractivity (Wildman–Crippen MR) is 500 cm³/mol. The number of phenolic OH excluding ortho intramolecular Hbond substituents is 1. The number of aliphatic carboxylic acids is 1. The molecule has 742 valence electrons. The number of aromatic amines is 1. The van der Waals surface area contributed by atoms with Gasteiger partial charge in [0.25, 0.3) is 0 Å². The molecule has 0 aliphatic carbocycles. The number of primary amides is 2. The number of H-pyrrole nitrogens is 1. The summed E-state index contributed by atoms with van der Waals surface area (Å²) in [6, 6.07) is 0.334. The number of unbranched alkanes of at least 4 members (excludes halogenated alkanes) is 2. The summed E-state index contributed by atoms with van der Waals surface area (Å²) in [6.45, 7) is 8.15. The Morgan fingerprint density at radius 3 is 1.72 bits per heavy atom. The average Bonchev–Trinajstić information content (AvgIpc) is 1.58. The lowest BCUT2D eigenvalue weighted by molar-refractivity contribution is -0.149. The maximum absolute atomic E-state index is 16.0. The lowest BCUT2D eigenvalue weighted by atomic mass is 9.90. The van der Waals surface area contributed by atoms with E-state index in [4.69, 9.17) is 22.9 Å². The van der Waals surface area contributed by atoms with E-state index >= 15 is 38.4 Å². The van der Waals surface area contributed by atoms with Gasteiger partial charge in [-0.25, -0.2) is 0 Å². The number of aromatic nitrogens is 2. The number of fused-ring (bicyclic) bond motifs is 5. The number of nitrogens with zero attached hydrogens (tertiary/aromatic N) is 6. The molecule has 0 radical (unpaired) electrons. The van der Waals surface area contributed by atoms with Gasteiger partial charge < -0.3 is 120 Å². The Morgan fingerprint density at radius 2 is 1.08 bits per heavy atom. The van der Waals surface area contributed by atoms with Crippen molar-refractivity contribution in [2.75, 3.05) is 53.4 Å². The first-order chi connectivity index (χ1) is 64.7. The summed E-state index contributed by atoms with van der Waals surface area (Å²) in [5.74, 6) is -18.2. The van der Waals surface area contributed by atoms with Crippen molar-refractivity contribution in [3.63, 3.8) is 0 Å². The van der Waals surface area contributed by atoms with Crippen molar-refractivity contribution in [3.05, 3.63) is 102 Å². The number of aliphatic hydroxyl groups is 1. The fourth-order valence-corrected chi connectivity index (χ4v) is 18.4. The Balaban J connectivity index is 1.11. The first-order valence-electron chi connectivity index (χ1n) is 47.2. The number of likely N-dealkylation sites (N-methyl/N-ethyl adjacent to an activating group) is 2. The van der Waals surface area contributed by atoms with Gasteiger partial charge in [0.1, 0.15) is 84.8 Å². The molecule has 5 aromatic rings. The van der Waals surface area contributed by atoms with E-state index in [1.807, 2.05) is 13.8 Å². The van der Waals surface area contributed by atoms with Gasteiger partial charge >= 0.3 is 5.97 Å². The number of para-hydroxylation sites is 2. The average molecular weight is 1890 g/mol. The zero-order chi connectivity index (χ0) is 99.5. The molecule has 3 aromatic carbocycles. The number of nitrogens with two attached hydrogens (primary N) is 4. The van der Waals surface area contributed by atoms with Crippen molar-refractivity contribution in [2.45, 2.75) is 280 Å². The molecule has 136 heavy (non-hydrogen) atoms. The van der Waals surface area contributed by atoms with E-state index in [2.05, 4.69) is 52.8 Å². The quantitative estimate of drug-likeness (QED) is 0.0341. The maximum Gasteiger partial charge on any atom is 0.323 e. The first-order valence-corrected chi connectivity index (χ1v) is 47.2. The third-order valence-corrected chi connectivity index (χ3v) is 25.5. The number of amides is 16. The topological polar surface area (TPSA) is 617 Å². The number of carboxylic acid groups (broad SMARTS) is 1. The zero-order valence-electron chi connectivity index (χ0n) is 78.8. The maximum atomic E-state index is 16.0. The standard InChI is InChI=1S/C95H136N20O21/c1-9-11-25-73-88(129)105-66(39-53(3)4)86(127)104-64(84(125)101-49-80(99)120)24-19-30-81(121)102-68(41-55-31-33-59(116)34-32-55)92(133)113-37-18-17-28-74(113)89(130)108-70(46-79(98)119)93(134)114-38-20-29-75(114)90(131)109-71(47-97)87(128)106-67(40-54(5)6)94(135)115-51-60(117)45-77(115)78(118)44-56(42-57-48-100-63-23-15-13-21-61(57)63)83(124)103-65(35-36-96)85(126)107-69(91(132)111(8)76(26-12-10-2)95(136)110(73)7)43-58-50-112(52-82(122)123)72-27-16-14-22-62(58)72/h13-16,21-23,27,31-34,48,50,53-54,56,60,64-71,73-77,100,116-117H,9-12,17-20,24-26,28-30,35-47,49,51-52,96-97H2,1-8H3,(H2,98,119)(H2,99,120)(H,101,125)(H,102,121)(H,103,124)(H,104,127)(H,105,129)(H,106,128)(H,107,126)(H,108,130)(H,109,131)(H,122,123)/t56-,60-,64+,65+,66+,67+,68+,69+,70+,71+,73+,74+,75+,76+,77+/m1/s1. The highest BCUT2D eigenvalue weighted by molar-refractivity contribution is 6.03. The van der Waals surface area contributed by atoms with E-state index < -0.39 is 242 Å². The largest absolute Gasteiger partial charge is 0.508 e. The highest BCUT2D eigenvalue weighted by Crippen LogP contribution is 2.32. The molecule has 0 unspecified atom stereocenters. The summed E-state index contributed by atoms with van der Waals surface area (Å²) in [5.41, 5.74) is 26.2. The number of aliphatic hydroxyl groups excluding tert-OH is 1. The summed E-state index contributed by atoms with van der Waals surface area (Å²) >= 11 is 0. The summed E-state index contributed by atoms with van der Waals surface area (Å²) in [5, 5.41) is 57.3. The Labute approximate surface area is 790 Å². The van der Waals surface area contributed by atoms with Crippen LogP contribution in [0.1, 0.15) is 187 Å². The van der Waals surface area contributed by atoms with Crippen LogP contribution in [0.15, 0.2) is 85.2 Å². The van der Waals surface area contributed by atoms with Crippen LogP contribution < -0.4 is 70.8 Å². The number of phenols is 1. The third kappa shape index (κ3) is 29.1. The van der Waals surface area contributed by atoms with Crippen LogP contribution in [-0.4, -0.2) is 294 Å². The number of Topliss-reactive ketones (excluding diaryl/α,β-unsaturated/α-hetero) is 1. The summed E-state index contributed by atoms with van der Waals surface area (Å²) < 4.78 is 1.45. The molecule has 41 heteroatoms. The zero-order valence-corrected chi connectivity index (χ0v) is 78.8. The van der Waals surface area contributed by atoms with Gasteiger partial charge in [-0.2, -0.15) is 0 Å². The molecule has 2 aromatic heterocycles. The highest BCUT2D eigenvalue weighted by Gasteiger charge is 2.47. The molecule has 0 saturated carbocycles. The molecule has 15 atom stereocenters. The second kappa shape index (κ2) is 50.6. The van der Waals surface area contributed by atoms with Crippen LogP contribution in [0.2, 0.25) is 0 Å². The second-order valence-corrected chi connectivity index (χ2v) is 36.9. The van der Waals surface area contributed by atoms with E-state index in [0.717, 1.165) is 14.7 Å². The minimum atomic E-state index is -1.74. The molecule has 4 aliphatic heterocycles. The number of hydrogen-bond acceptors (Lipinski definition) is 22. The van der Waals surface area contributed by atoms with Crippen molar-refractivity contribution in [1.29, 1.82) is 0 Å². The van der Waals surface area contributed by atoms with Gasteiger partial charge in [0.2, 0.25) is 94.5 Å². The molecule has 4 aliphatic rings. The van der Waals surface area contributed by atoms with Crippen molar-refractivity contribution < 1.29 is 102 Å². The number of benzene rings is 3. The van der Waals surface area contributed by atoms with Gasteiger partial charge in [-0.05, 0) is 143 Å². The SMILES string of the molecule is CCCC[C@H]1C(=O)N(C)[C@@H](CCCC)C(=O)N[C@@H](CC(C)C)C(=O)N[C@H](C(=O)NCC(N)=O)CCCC(=O)N[C@@H](Cc2ccc(O)cc2)C(=O)N2CCCC[C@H]2C(=O)N[C@@H](CC(N)=O)C(=O)N2CCC[C@H]2C(=O)N[C@@H](CN)C(=O)N[C@@H](CC(C)C)C(=O)N2C[C@H](O)C[C@H]2C(=O)C[C@@H](Cc2c[nH]c3ccccc23)C(=O)N[C@@H](CCN)C(=O)N[C@@H](Cc2cn(CC(=O)O)c3ccccc23)C(=O)N1C. The van der Waals surface area contributed by atoms with Gasteiger partial charge in [0.05, 0.1) is 25.1 Å². The van der Waals surface area contributed by atoms with E-state index in [9.17, 15) is 63.3 Å². The molecule has 4 fully saturated rings. The predicted octanol–water partition coefficient (Wildman–Crippen LogP) is -0.177. The van der Waals surface area contributed by atoms with E-state index in [0.29, 0.717) is 77.0 Å². The Morgan fingerprint density at radius 1 is 0.522 bits per heavy atom. The number of aromatic hydroxyl groups is 1. The summed E-state index contributed by atoms with van der Waals surface area (Å²) in [7, 11) is 2.72. The number of piperidine rings is 1. The number of nitrogens with one attached hydrogen (secondary N) is 10. The van der Waals surface area contributed by atoms with Crippen LogP contribution in [0.3, 0.4) is 0 Å². The Kier molecular flexibility index (Phi) is 39.7. The van der Waals surface area contributed by atoms with E-state index in [-0.39, 0.29) is 127 Å². The number of hydrogen-bond donors (Lipinski definition) is 17. The van der Waals surface area contributed by atoms with E-state index in [1.165, 1.54) is 58.9 Å². The molecular weight excluding hydrogens is 1760 g/mol. The monoisotopic (exact) mass is 1890 g/mol. The number of carboxylic acids is 1. The fourth-order valence-electron chi connectivity index (χ4n) is 18.4. The van der Waals surface area contributed by atoms with Crippen molar-refractivity contribution in [1.82, 2.24) is 81.9 Å². The molecular formula is C95H136N20O21. The first kappa shape index (κ1) is 107. The van der Waals surface area contributed by atoms with Crippen LogP contribution in [0.25, 0.3) is 21.8 Å². The fraction of sp³-hybridized carbons (Fsp3) is 0.579. The minimum absolute atomic E-state index is 0.00192. The van der Waals surface area contributed by atoms with E-state index in [1.54, 1.807) is 82.4 Å². The lowest BCUT2D eigenvalue weighted by Gasteiger charge is -2.38. The highest BCUT2D eigenvalue weighted by atomic mass is 16.4. The van der Waals surface area contributed by atoms with Gasteiger partial charge in [-0.15, -0.1) is 0 Å². The molecule has 16 amide bonds. The molecule has 41 nitrogen and oxygen atoms in total. The number of ketones is 1. The van der Waals surface area contributed by atoms with Crippen LogP contribution >= 0.6 is 0 Å². The molecule has 6 heterocycles. The van der Waals surface area contributed by atoms with Gasteiger partial charge in [0.15, 0.2) is 5.78 Å². The summed E-state index contributed by atoms with van der Waals surface area (Å²) in [6.07, 6.45) is 0.701. The van der Waals surface area contributed by atoms with Gasteiger partial charge in [-0.3, -0.25) is 86.3 Å². The van der Waals surface area contributed by atoms with Crippen molar-refractivity contribution in [3.8, 4) is 5.75 Å². The number of rotatable bonds is 26. The normalized spacial score (nSPS) is 25.3. The van der Waals surface area contributed by atoms with Crippen LogP contribution in [0.5, 0.6) is 5.75 Å². The molecule has 9 rings (SSSR count). The summed E-state index contributed by atoms with van der Waals surface area (Å²) in [4.78, 5) is 273. The number of carbonyl (C=O) groups excluding carboxylic acids is 17. The molecule has 0 spiro atoms.